The quantitative estimate of drug-likeness (QED) is 0.577. The van der Waals surface area contributed by atoms with Gasteiger partial charge in [0.2, 0.25) is 0 Å². The number of rotatable bonds is 4. The highest BCUT2D eigenvalue weighted by Crippen LogP contribution is 2.41. The predicted octanol–water partition coefficient (Wildman–Crippen LogP) is 5.53. The van der Waals surface area contributed by atoms with Gasteiger partial charge in [0.15, 0.2) is 0 Å². The van der Waals surface area contributed by atoms with Crippen molar-refractivity contribution in [2.45, 2.75) is 64.7 Å². The van der Waals surface area contributed by atoms with Gasteiger partial charge in [-0.05, 0) is 68.6 Å². The molecule has 0 radical (unpaired) electrons. The van der Waals surface area contributed by atoms with Crippen LogP contribution in [0.25, 0.3) is 0 Å². The van der Waals surface area contributed by atoms with Gasteiger partial charge in [-0.3, -0.25) is 4.39 Å². The zero-order chi connectivity index (χ0) is 12.8. The van der Waals surface area contributed by atoms with Crippen LogP contribution in [0.15, 0.2) is 12.2 Å². The Balaban J connectivity index is 1.70. The van der Waals surface area contributed by atoms with E-state index < -0.39 is 0 Å². The molecule has 18 heavy (non-hydrogen) atoms. The first-order valence-electron chi connectivity index (χ1n) is 8.02. The van der Waals surface area contributed by atoms with Gasteiger partial charge >= 0.3 is 0 Å². The highest BCUT2D eigenvalue weighted by atomic mass is 19.1. The van der Waals surface area contributed by atoms with Gasteiger partial charge in [-0.25, -0.2) is 0 Å². The zero-order valence-corrected chi connectivity index (χ0v) is 11.9. The third-order valence-corrected chi connectivity index (χ3v) is 5.23. The molecule has 2 rings (SSSR count). The second-order valence-electron chi connectivity index (χ2n) is 6.60. The monoisotopic (exact) mass is 252 g/mol. The maximum absolute atomic E-state index is 12.0. The lowest BCUT2D eigenvalue weighted by Crippen LogP contribution is -2.24. The van der Waals surface area contributed by atoms with Gasteiger partial charge in [-0.1, -0.05) is 31.9 Å². The minimum Gasteiger partial charge on any atom is -0.251 e. The fourth-order valence-corrected chi connectivity index (χ4v) is 3.92. The second kappa shape index (κ2) is 7.31. The third kappa shape index (κ3) is 4.10. The maximum atomic E-state index is 12.0. The summed E-state index contributed by atoms with van der Waals surface area (Å²) in [6.45, 7) is 2.20. The minimum atomic E-state index is -0.202. The molecule has 0 N–H and O–H groups in total. The molecule has 0 aromatic carbocycles. The Kier molecular flexibility index (Phi) is 5.72. The fourth-order valence-electron chi connectivity index (χ4n) is 3.92. The molecule has 0 aromatic rings. The average Bonchev–Trinajstić information content (AvgIpc) is 2.41. The van der Waals surface area contributed by atoms with E-state index in [9.17, 15) is 4.39 Å². The highest BCUT2D eigenvalue weighted by Gasteiger charge is 2.29. The molecule has 2 aliphatic rings. The van der Waals surface area contributed by atoms with E-state index in [1.54, 1.807) is 0 Å². The van der Waals surface area contributed by atoms with Crippen LogP contribution in [0.5, 0.6) is 0 Å². The van der Waals surface area contributed by atoms with Crippen LogP contribution < -0.4 is 0 Å². The van der Waals surface area contributed by atoms with Gasteiger partial charge < -0.3 is 0 Å². The molecule has 1 heteroatoms. The van der Waals surface area contributed by atoms with Crippen LogP contribution >= 0.6 is 0 Å². The van der Waals surface area contributed by atoms with Crippen LogP contribution in [-0.2, 0) is 0 Å². The molecule has 0 aromatic heterocycles. The van der Waals surface area contributed by atoms with Crippen molar-refractivity contribution in [3.63, 3.8) is 0 Å². The smallest absolute Gasteiger partial charge is 0.0928 e. The average molecular weight is 252 g/mol. The lowest BCUT2D eigenvalue weighted by Gasteiger charge is -2.36. The van der Waals surface area contributed by atoms with E-state index in [1.807, 2.05) is 6.08 Å². The van der Waals surface area contributed by atoms with E-state index in [0.29, 0.717) is 6.42 Å². The van der Waals surface area contributed by atoms with Gasteiger partial charge in [-0.15, -0.1) is 0 Å². The van der Waals surface area contributed by atoms with Crippen molar-refractivity contribution in [2.75, 3.05) is 6.67 Å². The van der Waals surface area contributed by atoms with E-state index in [-0.39, 0.29) is 6.67 Å². The molecule has 0 heterocycles. The van der Waals surface area contributed by atoms with Gasteiger partial charge in [0.25, 0.3) is 0 Å². The fraction of sp³-hybridized carbons (Fsp3) is 0.882. The first-order valence-corrected chi connectivity index (χ1v) is 8.02. The molecule has 2 aliphatic carbocycles. The molecule has 0 aliphatic heterocycles. The van der Waals surface area contributed by atoms with Crippen LogP contribution in [0.1, 0.15) is 64.7 Å². The largest absolute Gasteiger partial charge is 0.251 e. The summed E-state index contributed by atoms with van der Waals surface area (Å²) in [5, 5.41) is 0. The summed E-state index contributed by atoms with van der Waals surface area (Å²) in [7, 11) is 0. The molecule has 2 fully saturated rings. The summed E-state index contributed by atoms with van der Waals surface area (Å²) < 4.78 is 12.0. The van der Waals surface area contributed by atoms with Crippen molar-refractivity contribution in [3.8, 4) is 0 Å². The lowest BCUT2D eigenvalue weighted by atomic mass is 9.69. The lowest BCUT2D eigenvalue weighted by molar-refractivity contribution is 0.160. The Morgan fingerprint density at radius 3 is 2.00 bits per heavy atom. The van der Waals surface area contributed by atoms with Crippen LogP contribution in [0, 0.1) is 23.7 Å². The molecule has 2 saturated carbocycles. The molecule has 0 atom stereocenters. The van der Waals surface area contributed by atoms with E-state index in [4.69, 9.17) is 0 Å². The molecule has 0 amide bonds. The molecular formula is C17H29F. The van der Waals surface area contributed by atoms with Gasteiger partial charge in [-0.2, -0.15) is 0 Å². The number of alkyl halides is 1. The summed E-state index contributed by atoms with van der Waals surface area (Å²) in [5.74, 6) is 3.75. The van der Waals surface area contributed by atoms with E-state index in [1.165, 1.54) is 51.4 Å². The maximum Gasteiger partial charge on any atom is 0.0928 e. The van der Waals surface area contributed by atoms with Crippen LogP contribution in [0.3, 0.4) is 0 Å². The van der Waals surface area contributed by atoms with E-state index in [0.717, 1.165) is 23.7 Å². The van der Waals surface area contributed by atoms with E-state index in [2.05, 4.69) is 13.0 Å². The Hall–Kier alpha value is -0.330. The SMILES string of the molecule is CC1CCC(C2CCC(C=CCCF)CC2)CC1. The molecule has 0 saturated heterocycles. The number of hydrogen-bond acceptors (Lipinski definition) is 0. The Morgan fingerprint density at radius 1 is 0.889 bits per heavy atom. The van der Waals surface area contributed by atoms with Crippen molar-refractivity contribution >= 4 is 0 Å². The summed E-state index contributed by atoms with van der Waals surface area (Å²) in [4.78, 5) is 0. The van der Waals surface area contributed by atoms with Crippen molar-refractivity contribution < 1.29 is 4.39 Å². The topological polar surface area (TPSA) is 0 Å². The van der Waals surface area contributed by atoms with Crippen molar-refractivity contribution in [1.29, 1.82) is 0 Å². The normalized spacial score (nSPS) is 38.1. The van der Waals surface area contributed by atoms with E-state index >= 15 is 0 Å². The zero-order valence-electron chi connectivity index (χ0n) is 11.9. The van der Waals surface area contributed by atoms with Crippen molar-refractivity contribution in [1.82, 2.24) is 0 Å². The summed E-state index contributed by atoms with van der Waals surface area (Å²) in [5.41, 5.74) is 0. The van der Waals surface area contributed by atoms with Crippen LogP contribution in [0.4, 0.5) is 4.39 Å². The molecule has 0 bridgehead atoms. The van der Waals surface area contributed by atoms with Gasteiger partial charge in [0.05, 0.1) is 6.67 Å². The van der Waals surface area contributed by atoms with Crippen LogP contribution in [-0.4, -0.2) is 6.67 Å². The molecular weight excluding hydrogens is 223 g/mol. The molecule has 104 valence electrons. The Morgan fingerprint density at radius 2 is 1.44 bits per heavy atom. The van der Waals surface area contributed by atoms with Crippen molar-refractivity contribution in [3.05, 3.63) is 12.2 Å². The van der Waals surface area contributed by atoms with Crippen LogP contribution in [0.2, 0.25) is 0 Å². The molecule has 0 unspecified atom stereocenters. The first-order chi connectivity index (χ1) is 8.79. The highest BCUT2D eigenvalue weighted by molar-refractivity contribution is 4.92. The predicted molar refractivity (Wildman–Crippen MR) is 76.3 cm³/mol. The number of allylic oxidation sites excluding steroid dienone is 2. The summed E-state index contributed by atoms with van der Waals surface area (Å²) in [6, 6.07) is 0. The Labute approximate surface area is 112 Å². The Bertz CT molecular complexity index is 242. The summed E-state index contributed by atoms with van der Waals surface area (Å²) in [6.07, 6.45) is 16.4. The number of halogens is 1. The third-order valence-electron chi connectivity index (χ3n) is 5.23. The van der Waals surface area contributed by atoms with Crippen molar-refractivity contribution in [2.24, 2.45) is 23.7 Å². The van der Waals surface area contributed by atoms with Gasteiger partial charge in [0.1, 0.15) is 0 Å². The molecule has 0 spiro atoms. The molecule has 0 nitrogen and oxygen atoms in total. The first kappa shape index (κ1) is 14.1. The number of hydrogen-bond donors (Lipinski definition) is 0. The standard InChI is InChI=1S/C17H29F/c1-14-5-9-16(10-6-14)17-11-7-15(8-12-17)4-2-3-13-18/h2,4,14-17H,3,5-13H2,1H3. The summed E-state index contributed by atoms with van der Waals surface area (Å²) >= 11 is 0. The van der Waals surface area contributed by atoms with Gasteiger partial charge in [0, 0.05) is 0 Å². The second-order valence-corrected chi connectivity index (χ2v) is 6.60. The minimum absolute atomic E-state index is 0.202.